The van der Waals surface area contributed by atoms with Crippen LogP contribution in [0.4, 0.5) is 9.18 Å². The number of ether oxygens (including phenoxy) is 1. The fourth-order valence-corrected chi connectivity index (χ4v) is 2.31. The van der Waals surface area contributed by atoms with Gasteiger partial charge in [0, 0.05) is 13.0 Å². The standard InChI is InChI=1S/C13H22FNO4/c1-11(2,3)19-10(18)15(6)13(9(16)17)7-8(13)12(4,5)14/h8H,7H2,1-6H3,(H,16,17)/t8-,13?/m0/s1. The lowest BCUT2D eigenvalue weighted by atomic mass is 10.00. The first-order valence-corrected chi connectivity index (χ1v) is 6.21. The van der Waals surface area contributed by atoms with Crippen molar-refractivity contribution in [1.82, 2.24) is 4.90 Å². The molecule has 5 nitrogen and oxygen atoms in total. The molecular formula is C13H22FNO4. The quantitative estimate of drug-likeness (QED) is 0.859. The smallest absolute Gasteiger partial charge is 0.411 e. The molecular weight excluding hydrogens is 253 g/mol. The number of hydrogen-bond acceptors (Lipinski definition) is 3. The highest BCUT2D eigenvalue weighted by Gasteiger charge is 2.70. The summed E-state index contributed by atoms with van der Waals surface area (Å²) in [5.74, 6) is -1.92. The first-order chi connectivity index (χ1) is 8.32. The van der Waals surface area contributed by atoms with Gasteiger partial charge in [0.05, 0.1) is 0 Å². The highest BCUT2D eigenvalue weighted by atomic mass is 19.1. The summed E-state index contributed by atoms with van der Waals surface area (Å²) in [4.78, 5) is 24.4. The molecule has 0 aromatic rings. The molecule has 1 saturated carbocycles. The first kappa shape index (κ1) is 15.7. The summed E-state index contributed by atoms with van der Waals surface area (Å²) in [6.45, 7) is 7.72. The minimum atomic E-state index is -1.66. The number of carbonyl (C=O) groups is 2. The fraction of sp³-hybridized carbons (Fsp3) is 0.846. The van der Waals surface area contributed by atoms with Gasteiger partial charge in [-0.15, -0.1) is 0 Å². The zero-order chi connectivity index (χ0) is 15.2. The second-order valence-electron chi connectivity index (χ2n) is 6.59. The third-order valence-electron chi connectivity index (χ3n) is 3.40. The Morgan fingerprint density at radius 1 is 1.32 bits per heavy atom. The molecule has 0 aromatic heterocycles. The Hall–Kier alpha value is -1.33. The van der Waals surface area contributed by atoms with Gasteiger partial charge in [0.25, 0.3) is 0 Å². The van der Waals surface area contributed by atoms with Gasteiger partial charge in [-0.2, -0.15) is 0 Å². The van der Waals surface area contributed by atoms with Crippen LogP contribution in [-0.2, 0) is 9.53 Å². The molecule has 0 spiro atoms. The van der Waals surface area contributed by atoms with E-state index in [1.165, 1.54) is 20.9 Å². The Balaban J connectivity index is 2.93. The van der Waals surface area contributed by atoms with E-state index >= 15 is 0 Å². The van der Waals surface area contributed by atoms with Crippen LogP contribution in [-0.4, -0.2) is 45.9 Å². The topological polar surface area (TPSA) is 66.8 Å². The molecule has 0 aliphatic heterocycles. The van der Waals surface area contributed by atoms with Crippen LogP contribution < -0.4 is 0 Å². The largest absolute Gasteiger partial charge is 0.479 e. The van der Waals surface area contributed by atoms with Crippen molar-refractivity contribution in [3.05, 3.63) is 0 Å². The number of hydrogen-bond donors (Lipinski definition) is 1. The third-order valence-corrected chi connectivity index (χ3v) is 3.40. The summed E-state index contributed by atoms with van der Waals surface area (Å²) in [7, 11) is 1.34. The third kappa shape index (κ3) is 2.98. The maximum absolute atomic E-state index is 13.9. The van der Waals surface area contributed by atoms with Crippen molar-refractivity contribution in [3.63, 3.8) is 0 Å². The number of amides is 1. The molecule has 1 aliphatic carbocycles. The molecule has 2 atom stereocenters. The number of carboxylic acids is 1. The van der Waals surface area contributed by atoms with Crippen LogP contribution in [0.5, 0.6) is 0 Å². The number of alkyl halides is 1. The van der Waals surface area contributed by atoms with Crippen LogP contribution in [0.1, 0.15) is 41.0 Å². The van der Waals surface area contributed by atoms with Gasteiger partial charge in [0.2, 0.25) is 0 Å². The van der Waals surface area contributed by atoms with E-state index in [4.69, 9.17) is 4.74 Å². The number of carboxylic acid groups (broad SMARTS) is 1. The summed E-state index contributed by atoms with van der Waals surface area (Å²) in [5.41, 5.74) is -3.88. The second-order valence-corrected chi connectivity index (χ2v) is 6.59. The van der Waals surface area contributed by atoms with E-state index in [2.05, 4.69) is 0 Å². The maximum atomic E-state index is 13.9. The molecule has 19 heavy (non-hydrogen) atoms. The lowest BCUT2D eigenvalue weighted by Gasteiger charge is -2.30. The molecule has 110 valence electrons. The van der Waals surface area contributed by atoms with E-state index in [0.717, 1.165) is 4.90 Å². The molecule has 1 rings (SSSR count). The Morgan fingerprint density at radius 2 is 1.79 bits per heavy atom. The predicted octanol–water partition coefficient (Wildman–Crippen LogP) is 2.44. The Kier molecular flexibility index (Phi) is 3.60. The Morgan fingerprint density at radius 3 is 2.05 bits per heavy atom. The zero-order valence-corrected chi connectivity index (χ0v) is 12.3. The fourth-order valence-electron chi connectivity index (χ4n) is 2.31. The molecule has 1 fully saturated rings. The maximum Gasteiger partial charge on any atom is 0.411 e. The van der Waals surface area contributed by atoms with E-state index in [-0.39, 0.29) is 6.42 Å². The predicted molar refractivity (Wildman–Crippen MR) is 67.7 cm³/mol. The summed E-state index contributed by atoms with van der Waals surface area (Å²) in [6, 6.07) is 0. The molecule has 0 bridgehead atoms. The van der Waals surface area contributed by atoms with E-state index in [9.17, 15) is 19.1 Å². The molecule has 1 unspecified atom stereocenters. The monoisotopic (exact) mass is 275 g/mol. The van der Waals surface area contributed by atoms with E-state index in [1.54, 1.807) is 20.8 Å². The molecule has 0 saturated heterocycles. The van der Waals surface area contributed by atoms with Gasteiger partial charge in [-0.05, 0) is 41.0 Å². The molecule has 6 heteroatoms. The van der Waals surface area contributed by atoms with E-state index in [0.29, 0.717) is 0 Å². The number of halogens is 1. The van der Waals surface area contributed by atoms with Crippen molar-refractivity contribution < 1.29 is 23.8 Å². The lowest BCUT2D eigenvalue weighted by molar-refractivity contribution is -0.146. The van der Waals surface area contributed by atoms with Crippen LogP contribution in [0, 0.1) is 5.92 Å². The number of nitrogens with zero attached hydrogens (tertiary/aromatic N) is 1. The van der Waals surface area contributed by atoms with Crippen molar-refractivity contribution in [3.8, 4) is 0 Å². The highest BCUT2D eigenvalue weighted by Crippen LogP contribution is 2.55. The SMILES string of the molecule is CN(C(=O)OC(C)(C)C)C1(C(=O)O)C[C@H]1C(C)(C)F. The zero-order valence-electron chi connectivity index (χ0n) is 12.3. The highest BCUT2D eigenvalue weighted by molar-refractivity contribution is 5.88. The van der Waals surface area contributed by atoms with Gasteiger partial charge in [-0.1, -0.05) is 0 Å². The van der Waals surface area contributed by atoms with Crippen LogP contribution in [0.25, 0.3) is 0 Å². The number of aliphatic carboxylic acids is 1. The molecule has 1 N–H and O–H groups in total. The minimum absolute atomic E-state index is 0.0988. The molecule has 0 radical (unpaired) electrons. The van der Waals surface area contributed by atoms with Crippen molar-refractivity contribution >= 4 is 12.1 Å². The normalized spacial score (nSPS) is 26.8. The molecule has 0 aromatic carbocycles. The summed E-state index contributed by atoms with van der Waals surface area (Å²) >= 11 is 0. The summed E-state index contributed by atoms with van der Waals surface area (Å²) < 4.78 is 19.1. The van der Waals surface area contributed by atoms with Crippen molar-refractivity contribution in [2.45, 2.75) is 57.8 Å². The Bertz CT molecular complexity index is 396. The molecule has 0 heterocycles. The number of likely N-dealkylation sites (N-methyl/N-ethyl adjacent to an activating group) is 1. The van der Waals surface area contributed by atoms with Gasteiger partial charge in [-0.3, -0.25) is 4.90 Å². The molecule has 1 amide bonds. The van der Waals surface area contributed by atoms with Gasteiger partial charge >= 0.3 is 12.1 Å². The Labute approximate surface area is 112 Å². The van der Waals surface area contributed by atoms with Gasteiger partial charge in [-0.25, -0.2) is 14.0 Å². The second kappa shape index (κ2) is 4.35. The lowest BCUT2D eigenvalue weighted by Crippen LogP contribution is -2.50. The van der Waals surface area contributed by atoms with Crippen LogP contribution >= 0.6 is 0 Å². The molecule has 1 aliphatic rings. The van der Waals surface area contributed by atoms with E-state index in [1.807, 2.05) is 0 Å². The average Bonchev–Trinajstić information content (AvgIpc) is 2.88. The number of carbonyl (C=O) groups excluding carboxylic acids is 1. The summed E-state index contributed by atoms with van der Waals surface area (Å²) in [5, 5.41) is 9.34. The number of rotatable bonds is 3. The van der Waals surface area contributed by atoms with Crippen molar-refractivity contribution in [2.75, 3.05) is 7.05 Å². The first-order valence-electron chi connectivity index (χ1n) is 6.21. The van der Waals surface area contributed by atoms with Gasteiger partial charge in [0.1, 0.15) is 16.8 Å². The minimum Gasteiger partial charge on any atom is -0.479 e. The van der Waals surface area contributed by atoms with Gasteiger partial charge < -0.3 is 9.84 Å². The summed E-state index contributed by atoms with van der Waals surface area (Å²) in [6.07, 6.45) is -0.650. The van der Waals surface area contributed by atoms with Crippen molar-refractivity contribution in [2.24, 2.45) is 5.92 Å². The van der Waals surface area contributed by atoms with Crippen LogP contribution in [0.15, 0.2) is 0 Å². The van der Waals surface area contributed by atoms with Gasteiger partial charge in [0.15, 0.2) is 0 Å². The van der Waals surface area contributed by atoms with Crippen molar-refractivity contribution in [1.29, 1.82) is 0 Å². The van der Waals surface area contributed by atoms with E-state index < -0.39 is 34.8 Å². The van der Waals surface area contributed by atoms with Crippen LogP contribution in [0.3, 0.4) is 0 Å². The van der Waals surface area contributed by atoms with Crippen LogP contribution in [0.2, 0.25) is 0 Å². The average molecular weight is 275 g/mol.